The van der Waals surface area contributed by atoms with Crippen LogP contribution < -0.4 is 15.6 Å². The van der Waals surface area contributed by atoms with Crippen LogP contribution in [0.5, 0.6) is 5.75 Å². The minimum Gasteiger partial charge on any atom is -0.485 e. The van der Waals surface area contributed by atoms with Crippen molar-refractivity contribution in [2.24, 2.45) is 0 Å². The van der Waals surface area contributed by atoms with Crippen LogP contribution >= 0.6 is 0 Å². The molecule has 1 aromatic carbocycles. The Morgan fingerprint density at radius 1 is 1.21 bits per heavy atom. The molecule has 0 atom stereocenters. The van der Waals surface area contributed by atoms with Crippen LogP contribution in [0.2, 0.25) is 0 Å². The molecule has 0 aliphatic carbocycles. The minimum atomic E-state index is -0.160. The maximum Gasteiger partial charge on any atom is 0.258 e. The summed E-state index contributed by atoms with van der Waals surface area (Å²) in [5.41, 5.74) is 1.53. The van der Waals surface area contributed by atoms with Gasteiger partial charge in [0.2, 0.25) is 5.91 Å². The Balaban J connectivity index is 1.81. The molecule has 6 nitrogen and oxygen atoms in total. The van der Waals surface area contributed by atoms with Crippen LogP contribution in [0.3, 0.4) is 0 Å². The molecule has 0 fully saturated rings. The molecule has 122 valence electrons. The number of pyridine rings is 1. The molecule has 6 heteroatoms. The normalized spacial score (nSPS) is 10.5. The molecule has 3 rings (SSSR count). The summed E-state index contributed by atoms with van der Waals surface area (Å²) < 4.78 is 7.22. The quantitative estimate of drug-likeness (QED) is 0.783. The Kier molecular flexibility index (Phi) is 4.56. The van der Waals surface area contributed by atoms with E-state index < -0.39 is 0 Å². The maximum atomic E-state index is 12.1. The highest BCUT2D eigenvalue weighted by Gasteiger charge is 2.08. The van der Waals surface area contributed by atoms with E-state index in [1.807, 2.05) is 18.2 Å². The summed E-state index contributed by atoms with van der Waals surface area (Å²) in [6, 6.07) is 14.0. The number of hydrogen-bond donors (Lipinski definition) is 1. The molecule has 0 aliphatic rings. The highest BCUT2D eigenvalue weighted by Crippen LogP contribution is 2.24. The number of hydrogen-bond acceptors (Lipinski definition) is 4. The second-order valence-electron chi connectivity index (χ2n) is 5.20. The van der Waals surface area contributed by atoms with Gasteiger partial charge in [-0.2, -0.15) is 0 Å². The van der Waals surface area contributed by atoms with Gasteiger partial charge < -0.3 is 10.1 Å². The highest BCUT2D eigenvalue weighted by atomic mass is 16.5. The van der Waals surface area contributed by atoms with Gasteiger partial charge in [-0.3, -0.25) is 14.0 Å². The topological polar surface area (TPSA) is 72.7 Å². The van der Waals surface area contributed by atoms with Gasteiger partial charge in [0.25, 0.3) is 5.56 Å². The van der Waals surface area contributed by atoms with E-state index in [0.29, 0.717) is 29.2 Å². The second kappa shape index (κ2) is 6.95. The number of amides is 1. The highest BCUT2D eigenvalue weighted by molar-refractivity contribution is 5.91. The first-order chi connectivity index (χ1) is 11.7. The number of nitrogens with zero attached hydrogens (tertiary/aromatic N) is 2. The molecule has 0 radical (unpaired) electrons. The van der Waals surface area contributed by atoms with Crippen LogP contribution in [0.15, 0.2) is 59.5 Å². The van der Waals surface area contributed by atoms with Crippen LogP contribution in [0.25, 0.3) is 5.65 Å². The molecule has 0 saturated heterocycles. The van der Waals surface area contributed by atoms with Crippen molar-refractivity contribution in [3.8, 4) is 5.75 Å². The summed E-state index contributed by atoms with van der Waals surface area (Å²) in [6.45, 7) is 1.92. The Morgan fingerprint density at radius 3 is 2.83 bits per heavy atom. The summed E-state index contributed by atoms with van der Waals surface area (Å²) >= 11 is 0. The van der Waals surface area contributed by atoms with Crippen molar-refractivity contribution >= 4 is 17.2 Å². The molecule has 0 spiro atoms. The van der Waals surface area contributed by atoms with Crippen LogP contribution in [-0.2, 0) is 11.4 Å². The van der Waals surface area contributed by atoms with Gasteiger partial charge in [-0.25, -0.2) is 4.98 Å². The average molecular weight is 323 g/mol. The SMILES string of the molecule is CCC(=O)Nc1ccccc1OCc1cc(=O)n2ccccc2n1. The molecule has 0 unspecified atom stereocenters. The Bertz CT molecular complexity index is 934. The number of benzene rings is 1. The van der Waals surface area contributed by atoms with E-state index in [4.69, 9.17) is 4.74 Å². The van der Waals surface area contributed by atoms with Crippen molar-refractivity contribution in [1.82, 2.24) is 9.38 Å². The van der Waals surface area contributed by atoms with E-state index in [-0.39, 0.29) is 18.1 Å². The van der Waals surface area contributed by atoms with E-state index >= 15 is 0 Å². The van der Waals surface area contributed by atoms with Gasteiger partial charge in [0, 0.05) is 18.7 Å². The van der Waals surface area contributed by atoms with E-state index in [9.17, 15) is 9.59 Å². The molecule has 1 N–H and O–H groups in total. The zero-order valence-electron chi connectivity index (χ0n) is 13.2. The average Bonchev–Trinajstić information content (AvgIpc) is 2.61. The van der Waals surface area contributed by atoms with Crippen LogP contribution in [0, 0.1) is 0 Å². The van der Waals surface area contributed by atoms with Gasteiger partial charge in [-0.05, 0) is 24.3 Å². The number of ether oxygens (including phenoxy) is 1. The van der Waals surface area contributed by atoms with E-state index in [1.54, 1.807) is 37.4 Å². The molecule has 2 heterocycles. The predicted octanol–water partition coefficient (Wildman–Crippen LogP) is 2.62. The Hall–Kier alpha value is -3.15. The lowest BCUT2D eigenvalue weighted by Gasteiger charge is -2.12. The third kappa shape index (κ3) is 3.43. The van der Waals surface area contributed by atoms with Crippen LogP contribution in [0.1, 0.15) is 19.0 Å². The van der Waals surface area contributed by atoms with Gasteiger partial charge >= 0.3 is 0 Å². The monoisotopic (exact) mass is 323 g/mol. The van der Waals surface area contributed by atoms with Gasteiger partial charge in [-0.15, -0.1) is 0 Å². The molecule has 2 aromatic heterocycles. The smallest absolute Gasteiger partial charge is 0.258 e. The van der Waals surface area contributed by atoms with Crippen molar-refractivity contribution in [3.05, 3.63) is 70.8 Å². The summed E-state index contributed by atoms with van der Waals surface area (Å²) in [4.78, 5) is 28.1. The first-order valence-corrected chi connectivity index (χ1v) is 7.66. The first kappa shape index (κ1) is 15.7. The summed E-state index contributed by atoms with van der Waals surface area (Å²) in [7, 11) is 0. The first-order valence-electron chi connectivity index (χ1n) is 7.66. The summed E-state index contributed by atoms with van der Waals surface area (Å²) in [5.74, 6) is 0.447. The minimum absolute atomic E-state index is 0.0897. The number of carbonyl (C=O) groups is 1. The van der Waals surface area contributed by atoms with E-state index in [0.717, 1.165) is 0 Å². The fraction of sp³-hybridized carbons (Fsp3) is 0.167. The van der Waals surface area contributed by atoms with Crippen molar-refractivity contribution < 1.29 is 9.53 Å². The number of rotatable bonds is 5. The lowest BCUT2D eigenvalue weighted by molar-refractivity contribution is -0.115. The molecule has 0 aliphatic heterocycles. The second-order valence-corrected chi connectivity index (χ2v) is 5.20. The molecule has 0 bridgehead atoms. The zero-order valence-corrected chi connectivity index (χ0v) is 13.2. The number of nitrogens with one attached hydrogen (secondary N) is 1. The largest absolute Gasteiger partial charge is 0.485 e. The number of anilines is 1. The molecule has 0 saturated carbocycles. The van der Waals surface area contributed by atoms with E-state index in [2.05, 4.69) is 10.3 Å². The van der Waals surface area contributed by atoms with Gasteiger partial charge in [0.1, 0.15) is 18.0 Å². The lowest BCUT2D eigenvalue weighted by atomic mass is 10.3. The fourth-order valence-corrected chi connectivity index (χ4v) is 2.26. The van der Waals surface area contributed by atoms with Gasteiger partial charge in [0.15, 0.2) is 0 Å². The number of aromatic nitrogens is 2. The molecular formula is C18H17N3O3. The number of fused-ring (bicyclic) bond motifs is 1. The Labute approximate surface area is 138 Å². The number of para-hydroxylation sites is 2. The van der Waals surface area contributed by atoms with E-state index in [1.165, 1.54) is 10.5 Å². The maximum absolute atomic E-state index is 12.1. The van der Waals surface area contributed by atoms with Crippen molar-refractivity contribution in [1.29, 1.82) is 0 Å². The van der Waals surface area contributed by atoms with Crippen molar-refractivity contribution in [2.45, 2.75) is 20.0 Å². The summed E-state index contributed by atoms with van der Waals surface area (Å²) in [5, 5.41) is 2.79. The third-order valence-electron chi connectivity index (χ3n) is 3.48. The lowest BCUT2D eigenvalue weighted by Crippen LogP contribution is -2.16. The molecule has 3 aromatic rings. The standard InChI is InChI=1S/C18H17N3O3/c1-2-17(22)20-14-7-3-4-8-15(14)24-12-13-11-18(23)21-10-6-5-9-16(21)19-13/h3-11H,2,12H2,1H3,(H,20,22). The third-order valence-corrected chi connectivity index (χ3v) is 3.48. The predicted molar refractivity (Wildman–Crippen MR) is 91.2 cm³/mol. The molecular weight excluding hydrogens is 306 g/mol. The molecule has 1 amide bonds. The zero-order chi connectivity index (χ0) is 16.9. The fourth-order valence-electron chi connectivity index (χ4n) is 2.26. The van der Waals surface area contributed by atoms with Crippen LogP contribution in [0.4, 0.5) is 5.69 Å². The number of carbonyl (C=O) groups excluding carboxylic acids is 1. The van der Waals surface area contributed by atoms with Gasteiger partial charge in [0.05, 0.1) is 11.4 Å². The van der Waals surface area contributed by atoms with Crippen molar-refractivity contribution in [2.75, 3.05) is 5.32 Å². The molecule has 24 heavy (non-hydrogen) atoms. The van der Waals surface area contributed by atoms with Crippen molar-refractivity contribution in [3.63, 3.8) is 0 Å². The van der Waals surface area contributed by atoms with Crippen LogP contribution in [-0.4, -0.2) is 15.3 Å². The van der Waals surface area contributed by atoms with Gasteiger partial charge in [-0.1, -0.05) is 25.1 Å². The Morgan fingerprint density at radius 2 is 2.00 bits per heavy atom. The summed E-state index contributed by atoms with van der Waals surface area (Å²) in [6.07, 6.45) is 2.06.